The summed E-state index contributed by atoms with van der Waals surface area (Å²) in [5.41, 5.74) is -3.08. The van der Waals surface area contributed by atoms with Gasteiger partial charge < -0.3 is 10.6 Å². The van der Waals surface area contributed by atoms with Crippen LogP contribution in [0.25, 0.3) is 0 Å². The third-order valence-corrected chi connectivity index (χ3v) is 2.79. The van der Waals surface area contributed by atoms with E-state index in [1.54, 1.807) is 0 Å². The average molecular weight is 310 g/mol. The van der Waals surface area contributed by atoms with Crippen molar-refractivity contribution in [3.05, 3.63) is 0 Å². The molecule has 11 heteroatoms. The molecule has 1 fully saturated rings. The zero-order chi connectivity index (χ0) is 15.8. The zero-order valence-corrected chi connectivity index (χ0v) is 9.66. The van der Waals surface area contributed by atoms with Crippen LogP contribution in [-0.2, 0) is 9.59 Å². The second-order valence-electron chi connectivity index (χ2n) is 4.16. The number of amides is 2. The molecule has 0 aromatic rings. The molecule has 116 valence electrons. The number of hydrogen-bond donors (Lipinski definition) is 2. The first-order chi connectivity index (χ1) is 8.95. The van der Waals surface area contributed by atoms with Crippen molar-refractivity contribution in [1.29, 1.82) is 0 Å². The van der Waals surface area contributed by atoms with Gasteiger partial charge in [0.1, 0.15) is 0 Å². The number of rotatable bonds is 3. The summed E-state index contributed by atoms with van der Waals surface area (Å²) in [5, 5.41) is 2.75. The van der Waals surface area contributed by atoms with Crippen LogP contribution < -0.4 is 10.6 Å². The van der Waals surface area contributed by atoms with Gasteiger partial charge in [0.25, 0.3) is 12.3 Å². The Hall–Kier alpha value is -1.55. The predicted octanol–water partition coefficient (Wildman–Crippen LogP) is 1.21. The summed E-state index contributed by atoms with van der Waals surface area (Å²) in [6.45, 7) is -0.0428. The lowest BCUT2D eigenvalue weighted by Crippen LogP contribution is -2.68. The van der Waals surface area contributed by atoms with E-state index in [9.17, 15) is 40.3 Å². The highest BCUT2D eigenvalue weighted by Crippen LogP contribution is 2.37. The molecule has 1 saturated heterocycles. The van der Waals surface area contributed by atoms with Gasteiger partial charge in [-0.25, -0.2) is 8.78 Å². The maximum atomic E-state index is 12.9. The highest BCUT2D eigenvalue weighted by atomic mass is 19.4. The van der Waals surface area contributed by atoms with Gasteiger partial charge in [0.05, 0.1) is 0 Å². The molecule has 2 amide bonds. The Balaban J connectivity index is 3.04. The van der Waals surface area contributed by atoms with Gasteiger partial charge in [0.15, 0.2) is 5.54 Å². The van der Waals surface area contributed by atoms with Crippen LogP contribution in [0.5, 0.6) is 0 Å². The molecule has 1 unspecified atom stereocenters. The Morgan fingerprint density at radius 2 is 1.80 bits per heavy atom. The van der Waals surface area contributed by atoms with Crippen LogP contribution in [0.3, 0.4) is 0 Å². The van der Waals surface area contributed by atoms with Gasteiger partial charge in [-0.3, -0.25) is 9.59 Å². The van der Waals surface area contributed by atoms with Gasteiger partial charge >= 0.3 is 18.0 Å². The monoisotopic (exact) mass is 310 g/mol. The quantitative estimate of drug-likeness (QED) is 0.770. The van der Waals surface area contributed by atoms with E-state index in [1.807, 2.05) is 5.32 Å². The van der Waals surface area contributed by atoms with Crippen LogP contribution in [0.1, 0.15) is 12.8 Å². The second kappa shape index (κ2) is 5.09. The van der Waals surface area contributed by atoms with Gasteiger partial charge in [-0.15, -0.1) is 0 Å². The van der Waals surface area contributed by atoms with E-state index in [2.05, 4.69) is 0 Å². The molecule has 0 bridgehead atoms. The summed E-state index contributed by atoms with van der Waals surface area (Å²) in [5.74, 6) is -10.3. The Morgan fingerprint density at radius 3 is 2.20 bits per heavy atom. The first-order valence-corrected chi connectivity index (χ1v) is 5.29. The van der Waals surface area contributed by atoms with E-state index >= 15 is 0 Å². The number of carbonyl (C=O) groups excluding carboxylic acids is 2. The summed E-state index contributed by atoms with van der Waals surface area (Å²) < 4.78 is 87.1. The lowest BCUT2D eigenvalue weighted by Gasteiger charge is -2.36. The van der Waals surface area contributed by atoms with E-state index in [0.717, 1.165) is 5.32 Å². The van der Waals surface area contributed by atoms with Crippen molar-refractivity contribution in [3.8, 4) is 0 Å². The van der Waals surface area contributed by atoms with Crippen molar-refractivity contribution in [2.45, 2.75) is 36.9 Å². The summed E-state index contributed by atoms with van der Waals surface area (Å²) in [7, 11) is 0. The first kappa shape index (κ1) is 16.5. The smallest absolute Gasteiger partial charge is 0.354 e. The summed E-state index contributed by atoms with van der Waals surface area (Å²) in [6, 6.07) is 0. The van der Waals surface area contributed by atoms with Gasteiger partial charge in [0, 0.05) is 6.54 Å². The molecule has 1 heterocycles. The molecule has 0 aliphatic carbocycles. The summed E-state index contributed by atoms with van der Waals surface area (Å²) in [6.07, 6.45) is -10.7. The molecular formula is C9H9F7N2O2. The largest absolute Gasteiger partial charge is 0.463 e. The van der Waals surface area contributed by atoms with Gasteiger partial charge in [-0.2, -0.15) is 22.0 Å². The molecule has 1 aliphatic heterocycles. The molecular weight excluding hydrogens is 301 g/mol. The van der Waals surface area contributed by atoms with E-state index < -0.39 is 42.3 Å². The fourth-order valence-corrected chi connectivity index (χ4v) is 1.63. The normalized spacial score (nSPS) is 24.5. The van der Waals surface area contributed by atoms with E-state index in [-0.39, 0.29) is 13.0 Å². The Kier molecular flexibility index (Phi) is 4.20. The molecule has 2 N–H and O–H groups in total. The topological polar surface area (TPSA) is 58.2 Å². The standard InChI is InChI=1S/C9H9F7N2O2/c10-4(11)7(2-1-3-17-5(7)19)18-6(20)8(12,13)9(14,15)16/h4H,1-3H2,(H,17,19)(H,18,20). The zero-order valence-electron chi connectivity index (χ0n) is 9.66. The number of nitrogens with one attached hydrogen (secondary N) is 2. The fourth-order valence-electron chi connectivity index (χ4n) is 1.63. The lowest BCUT2D eigenvalue weighted by molar-refractivity contribution is -0.271. The van der Waals surface area contributed by atoms with Crippen molar-refractivity contribution in [2.75, 3.05) is 6.54 Å². The van der Waals surface area contributed by atoms with Crippen molar-refractivity contribution in [2.24, 2.45) is 0 Å². The predicted molar refractivity (Wildman–Crippen MR) is 50.1 cm³/mol. The van der Waals surface area contributed by atoms with Gasteiger partial charge in [-0.05, 0) is 12.8 Å². The molecule has 0 saturated carbocycles. The summed E-state index contributed by atoms with van der Waals surface area (Å²) in [4.78, 5) is 22.3. The van der Waals surface area contributed by atoms with Crippen LogP contribution >= 0.6 is 0 Å². The minimum Gasteiger partial charge on any atom is -0.354 e. The Bertz CT molecular complexity index is 410. The summed E-state index contributed by atoms with van der Waals surface area (Å²) >= 11 is 0. The van der Waals surface area contributed by atoms with Crippen molar-refractivity contribution >= 4 is 11.8 Å². The van der Waals surface area contributed by atoms with Crippen molar-refractivity contribution in [1.82, 2.24) is 10.6 Å². The Morgan fingerprint density at radius 1 is 1.25 bits per heavy atom. The molecule has 4 nitrogen and oxygen atoms in total. The molecule has 0 aromatic carbocycles. The van der Waals surface area contributed by atoms with Gasteiger partial charge in [-0.1, -0.05) is 0 Å². The number of halogens is 7. The second-order valence-corrected chi connectivity index (χ2v) is 4.16. The number of hydrogen-bond acceptors (Lipinski definition) is 2. The third kappa shape index (κ3) is 2.66. The van der Waals surface area contributed by atoms with Crippen LogP contribution in [0.15, 0.2) is 0 Å². The SMILES string of the molecule is O=C1NCCCC1(NC(=O)C(F)(F)C(F)(F)F)C(F)F. The molecule has 1 aliphatic rings. The Labute approximate surface area is 107 Å². The lowest BCUT2D eigenvalue weighted by atomic mass is 9.89. The van der Waals surface area contributed by atoms with E-state index in [1.165, 1.54) is 0 Å². The van der Waals surface area contributed by atoms with Crippen LogP contribution in [0.2, 0.25) is 0 Å². The minimum absolute atomic E-state index is 0.0428. The van der Waals surface area contributed by atoms with Gasteiger partial charge in [0.2, 0.25) is 0 Å². The number of piperidine rings is 1. The maximum absolute atomic E-state index is 12.9. The molecule has 0 spiro atoms. The van der Waals surface area contributed by atoms with Crippen molar-refractivity contribution in [3.63, 3.8) is 0 Å². The van der Waals surface area contributed by atoms with Crippen LogP contribution in [0.4, 0.5) is 30.7 Å². The number of carbonyl (C=O) groups is 2. The molecule has 1 rings (SSSR count). The minimum atomic E-state index is -6.24. The molecule has 20 heavy (non-hydrogen) atoms. The highest BCUT2D eigenvalue weighted by Gasteiger charge is 2.65. The third-order valence-electron chi connectivity index (χ3n) is 2.79. The maximum Gasteiger partial charge on any atom is 0.463 e. The first-order valence-electron chi connectivity index (χ1n) is 5.29. The average Bonchev–Trinajstić information content (AvgIpc) is 2.30. The van der Waals surface area contributed by atoms with Crippen molar-refractivity contribution < 1.29 is 40.3 Å². The van der Waals surface area contributed by atoms with Crippen LogP contribution in [-0.4, -0.2) is 42.4 Å². The molecule has 1 atom stereocenters. The van der Waals surface area contributed by atoms with E-state index in [0.29, 0.717) is 0 Å². The fraction of sp³-hybridized carbons (Fsp3) is 0.778. The van der Waals surface area contributed by atoms with E-state index in [4.69, 9.17) is 0 Å². The highest BCUT2D eigenvalue weighted by molar-refractivity contribution is 5.94. The molecule has 0 radical (unpaired) electrons. The number of alkyl halides is 7. The van der Waals surface area contributed by atoms with Crippen LogP contribution in [0, 0.1) is 0 Å². The molecule has 0 aromatic heterocycles.